The maximum atomic E-state index is 5.58. The Morgan fingerprint density at radius 2 is 0.926 bits per heavy atom. The molecule has 0 unspecified atom stereocenters. The van der Waals surface area contributed by atoms with Crippen LogP contribution in [0.4, 0.5) is 0 Å². The molecule has 4 heterocycles. The molecule has 0 saturated heterocycles. The van der Waals surface area contributed by atoms with Gasteiger partial charge in [-0.05, 0) is 112 Å². The normalized spacial score (nSPS) is 12.1. The van der Waals surface area contributed by atoms with Crippen molar-refractivity contribution >= 4 is 113 Å². The molecular formula is C64H37N3S. The Kier molecular flexibility index (Phi) is 7.94. The summed E-state index contributed by atoms with van der Waals surface area (Å²) < 4.78 is 4.92. The first-order valence-electron chi connectivity index (χ1n) is 23.2. The number of thiophene rings is 1. The van der Waals surface area contributed by atoms with E-state index in [0.717, 1.165) is 44.4 Å². The van der Waals surface area contributed by atoms with Crippen molar-refractivity contribution in [2.75, 3.05) is 0 Å². The summed E-state index contributed by atoms with van der Waals surface area (Å²) in [4.78, 5) is 10.4. The number of pyridine rings is 2. The average Bonchev–Trinajstić information content (AvgIpc) is 3.99. The fraction of sp³-hybridized carbons (Fsp3) is 0. The van der Waals surface area contributed by atoms with Gasteiger partial charge in [0.2, 0.25) is 0 Å². The average molecular weight is 880 g/mol. The van der Waals surface area contributed by atoms with Gasteiger partial charge in [-0.3, -0.25) is 9.38 Å². The Hall–Kier alpha value is -8.70. The predicted octanol–water partition coefficient (Wildman–Crippen LogP) is 17.8. The van der Waals surface area contributed by atoms with Gasteiger partial charge in [0.15, 0.2) is 5.65 Å². The van der Waals surface area contributed by atoms with Crippen LogP contribution in [-0.2, 0) is 0 Å². The van der Waals surface area contributed by atoms with Gasteiger partial charge in [-0.15, -0.1) is 11.3 Å². The Labute approximate surface area is 394 Å². The fourth-order valence-corrected chi connectivity index (χ4v) is 12.3. The van der Waals surface area contributed by atoms with Crippen LogP contribution in [-0.4, -0.2) is 14.4 Å². The molecule has 0 atom stereocenters. The SMILES string of the molecule is c1ccc2cc3c(ccc4c3nc3c5sc6c7ccccc7ccc6c5cc(-c5ccc(-c6ccc(-c7ccc(-c8ccc9c(c8)ncc8ccccc89)cc7)c7ccccc67)cc5)n43)cc2c1. The molecule has 0 fully saturated rings. The summed E-state index contributed by atoms with van der Waals surface area (Å²) in [6.07, 6.45) is 1.98. The molecule has 11 aromatic carbocycles. The van der Waals surface area contributed by atoms with Crippen LogP contribution in [0.5, 0.6) is 0 Å². The zero-order chi connectivity index (χ0) is 44.5. The third-order valence-electron chi connectivity index (χ3n) is 14.4. The minimum absolute atomic E-state index is 1.00. The zero-order valence-electron chi connectivity index (χ0n) is 36.6. The van der Waals surface area contributed by atoms with Crippen molar-refractivity contribution < 1.29 is 0 Å². The summed E-state index contributed by atoms with van der Waals surface area (Å²) in [5, 5.41) is 15.9. The molecule has 314 valence electrons. The molecule has 3 nitrogen and oxygen atoms in total. The summed E-state index contributed by atoms with van der Waals surface area (Å²) in [7, 11) is 0. The second kappa shape index (κ2) is 14.4. The maximum Gasteiger partial charge on any atom is 0.156 e. The van der Waals surface area contributed by atoms with Gasteiger partial charge < -0.3 is 0 Å². The van der Waals surface area contributed by atoms with E-state index in [1.807, 2.05) is 17.5 Å². The lowest BCUT2D eigenvalue weighted by atomic mass is 9.91. The molecular weight excluding hydrogens is 843 g/mol. The highest BCUT2D eigenvalue weighted by Gasteiger charge is 2.21. The zero-order valence-corrected chi connectivity index (χ0v) is 37.4. The molecule has 4 aromatic heterocycles. The molecule has 15 aromatic rings. The quantitative estimate of drug-likeness (QED) is 0.130. The van der Waals surface area contributed by atoms with Gasteiger partial charge in [-0.25, -0.2) is 4.98 Å². The molecule has 0 spiro atoms. The summed E-state index contributed by atoms with van der Waals surface area (Å²) in [6.45, 7) is 0. The maximum absolute atomic E-state index is 5.58. The van der Waals surface area contributed by atoms with E-state index in [2.05, 4.69) is 223 Å². The summed E-state index contributed by atoms with van der Waals surface area (Å²) in [6, 6.07) is 80.2. The number of benzene rings is 11. The number of aromatic nitrogens is 3. The highest BCUT2D eigenvalue weighted by atomic mass is 32.1. The van der Waals surface area contributed by atoms with E-state index >= 15 is 0 Å². The van der Waals surface area contributed by atoms with Crippen LogP contribution in [0.25, 0.3) is 146 Å². The van der Waals surface area contributed by atoms with Crippen molar-refractivity contribution in [2.45, 2.75) is 0 Å². The number of fused-ring (bicyclic) bond motifs is 16. The van der Waals surface area contributed by atoms with Gasteiger partial charge in [-0.1, -0.05) is 188 Å². The first-order valence-corrected chi connectivity index (χ1v) is 24.0. The highest BCUT2D eigenvalue weighted by molar-refractivity contribution is 7.27. The van der Waals surface area contributed by atoms with Crippen molar-refractivity contribution in [2.24, 2.45) is 0 Å². The molecule has 4 heteroatoms. The number of rotatable bonds is 4. The summed E-state index contributed by atoms with van der Waals surface area (Å²) in [5.74, 6) is 0. The van der Waals surface area contributed by atoms with Crippen LogP contribution in [0, 0.1) is 0 Å². The molecule has 0 saturated carbocycles. The van der Waals surface area contributed by atoms with E-state index in [-0.39, 0.29) is 0 Å². The molecule has 0 radical (unpaired) electrons. The van der Waals surface area contributed by atoms with Crippen LogP contribution in [0.1, 0.15) is 0 Å². The third-order valence-corrected chi connectivity index (χ3v) is 15.6. The topological polar surface area (TPSA) is 30.2 Å². The third kappa shape index (κ3) is 5.59. The van der Waals surface area contributed by atoms with Crippen LogP contribution >= 0.6 is 11.3 Å². The standard InChI is InChI=1S/C64H37N3S/c1-2-11-44-34-56-46(33-43(44)10-1)27-32-59-61(56)66-64-63-57(55-29-25-39-9-3-6-14-51(39)62(55)68-63)36-60(67(59)64)42-23-21-41(22-24-42)50-31-30-49(52-15-7-8-16-53(50)52)40-19-17-38(18-20-40)45-26-28-54-48-13-5-4-12-47(48)37-65-58(54)35-45/h1-37H. The summed E-state index contributed by atoms with van der Waals surface area (Å²) >= 11 is 1.86. The number of nitrogens with zero attached hydrogens (tertiary/aromatic N) is 3. The Morgan fingerprint density at radius 3 is 1.68 bits per heavy atom. The molecule has 0 bridgehead atoms. The Morgan fingerprint density at radius 1 is 0.338 bits per heavy atom. The molecule has 68 heavy (non-hydrogen) atoms. The van der Waals surface area contributed by atoms with Crippen molar-refractivity contribution in [1.82, 2.24) is 14.4 Å². The van der Waals surface area contributed by atoms with E-state index in [9.17, 15) is 0 Å². The number of hydrogen-bond donors (Lipinski definition) is 0. The van der Waals surface area contributed by atoms with E-state index in [1.165, 1.54) is 102 Å². The lowest BCUT2D eigenvalue weighted by molar-refractivity contribution is 1.25. The first-order chi connectivity index (χ1) is 33.7. The smallest absolute Gasteiger partial charge is 0.156 e. The van der Waals surface area contributed by atoms with Crippen molar-refractivity contribution in [1.29, 1.82) is 0 Å². The lowest BCUT2D eigenvalue weighted by Crippen LogP contribution is -1.93. The first kappa shape index (κ1) is 37.5. The van der Waals surface area contributed by atoms with Gasteiger partial charge in [0.05, 0.1) is 26.9 Å². The largest absolute Gasteiger partial charge is 0.291 e. The van der Waals surface area contributed by atoms with E-state index in [4.69, 9.17) is 9.97 Å². The van der Waals surface area contributed by atoms with Crippen LogP contribution in [0.2, 0.25) is 0 Å². The van der Waals surface area contributed by atoms with E-state index < -0.39 is 0 Å². The number of hydrogen-bond acceptors (Lipinski definition) is 3. The second-order valence-corrected chi connectivity index (χ2v) is 19.1. The minimum atomic E-state index is 1.00. The van der Waals surface area contributed by atoms with Crippen molar-refractivity contribution in [3.05, 3.63) is 225 Å². The highest BCUT2D eigenvalue weighted by Crippen LogP contribution is 2.45. The van der Waals surface area contributed by atoms with E-state index in [1.54, 1.807) is 0 Å². The fourth-order valence-electron chi connectivity index (χ4n) is 11.0. The van der Waals surface area contributed by atoms with Crippen molar-refractivity contribution in [3.8, 4) is 44.6 Å². The summed E-state index contributed by atoms with van der Waals surface area (Å²) in [5.41, 5.74) is 13.6. The molecule has 0 aliphatic rings. The van der Waals surface area contributed by atoms with Gasteiger partial charge in [0.25, 0.3) is 0 Å². The lowest BCUT2D eigenvalue weighted by Gasteiger charge is -2.14. The van der Waals surface area contributed by atoms with Gasteiger partial charge >= 0.3 is 0 Å². The minimum Gasteiger partial charge on any atom is -0.291 e. The molecule has 0 N–H and O–H groups in total. The van der Waals surface area contributed by atoms with Crippen LogP contribution in [0.15, 0.2) is 225 Å². The van der Waals surface area contributed by atoms with Gasteiger partial charge in [0, 0.05) is 37.8 Å². The van der Waals surface area contributed by atoms with Gasteiger partial charge in [0.1, 0.15) is 0 Å². The number of imidazole rings is 1. The monoisotopic (exact) mass is 879 g/mol. The Balaban J connectivity index is 0.845. The Bertz CT molecular complexity index is 4600. The van der Waals surface area contributed by atoms with Gasteiger partial charge in [-0.2, -0.15) is 0 Å². The predicted molar refractivity (Wildman–Crippen MR) is 290 cm³/mol. The van der Waals surface area contributed by atoms with Crippen LogP contribution in [0.3, 0.4) is 0 Å². The molecule has 0 aliphatic carbocycles. The van der Waals surface area contributed by atoms with Crippen LogP contribution < -0.4 is 0 Å². The van der Waals surface area contributed by atoms with E-state index in [0.29, 0.717) is 0 Å². The van der Waals surface area contributed by atoms with Crippen molar-refractivity contribution in [3.63, 3.8) is 0 Å². The molecule has 15 rings (SSSR count). The molecule has 0 amide bonds. The molecule has 0 aliphatic heterocycles. The second-order valence-electron chi connectivity index (χ2n) is 18.1.